The Kier molecular flexibility index (Phi) is 4.65. The summed E-state index contributed by atoms with van der Waals surface area (Å²) in [5.74, 6) is -1.30. The minimum Gasteiger partial charge on any atom is -0.481 e. The van der Waals surface area contributed by atoms with Gasteiger partial charge in [-0.15, -0.1) is 0 Å². The van der Waals surface area contributed by atoms with E-state index in [9.17, 15) is 9.59 Å². The van der Waals surface area contributed by atoms with Crippen molar-refractivity contribution in [2.45, 2.75) is 32.6 Å². The Morgan fingerprint density at radius 2 is 1.88 bits per heavy atom. The van der Waals surface area contributed by atoms with Crippen molar-refractivity contribution in [3.05, 3.63) is 64.7 Å². The number of anilines is 1. The predicted molar refractivity (Wildman–Crippen MR) is 93.4 cm³/mol. The number of rotatable bonds is 5. The van der Waals surface area contributed by atoms with Crippen LogP contribution in [0, 0.1) is 5.92 Å². The summed E-state index contributed by atoms with van der Waals surface area (Å²) in [4.78, 5) is 23.4. The molecule has 2 N–H and O–H groups in total. The Morgan fingerprint density at radius 3 is 2.58 bits per heavy atom. The van der Waals surface area contributed by atoms with Crippen molar-refractivity contribution in [2.75, 3.05) is 5.32 Å². The smallest absolute Gasteiger partial charge is 0.306 e. The highest BCUT2D eigenvalue weighted by Gasteiger charge is 2.18. The molecule has 0 heterocycles. The Labute approximate surface area is 141 Å². The molecular weight excluding hydrogens is 302 g/mol. The molecule has 1 amide bonds. The summed E-state index contributed by atoms with van der Waals surface area (Å²) in [5.41, 5.74) is 4.88. The average molecular weight is 323 g/mol. The first-order valence-corrected chi connectivity index (χ1v) is 8.28. The number of aryl methyl sites for hydroxylation is 1. The van der Waals surface area contributed by atoms with Gasteiger partial charge in [0.1, 0.15) is 0 Å². The summed E-state index contributed by atoms with van der Waals surface area (Å²) < 4.78 is 0. The third kappa shape index (κ3) is 3.48. The van der Waals surface area contributed by atoms with Gasteiger partial charge in [0.25, 0.3) is 5.91 Å². The maximum absolute atomic E-state index is 12.5. The maximum Gasteiger partial charge on any atom is 0.306 e. The van der Waals surface area contributed by atoms with Crippen LogP contribution in [0.15, 0.2) is 42.5 Å². The molecule has 24 heavy (non-hydrogen) atoms. The quantitative estimate of drug-likeness (QED) is 0.882. The Morgan fingerprint density at radius 1 is 1.12 bits per heavy atom. The summed E-state index contributed by atoms with van der Waals surface area (Å²) >= 11 is 0. The van der Waals surface area contributed by atoms with Crippen LogP contribution in [-0.2, 0) is 24.1 Å². The van der Waals surface area contributed by atoms with Gasteiger partial charge < -0.3 is 10.4 Å². The molecule has 124 valence electrons. The van der Waals surface area contributed by atoms with E-state index in [1.54, 1.807) is 6.92 Å². The molecule has 2 aromatic rings. The molecule has 2 aromatic carbocycles. The van der Waals surface area contributed by atoms with Crippen molar-refractivity contribution in [2.24, 2.45) is 5.92 Å². The molecule has 0 fully saturated rings. The van der Waals surface area contributed by atoms with Crippen molar-refractivity contribution in [1.29, 1.82) is 0 Å². The largest absolute Gasteiger partial charge is 0.481 e. The number of amides is 1. The molecule has 0 aromatic heterocycles. The van der Waals surface area contributed by atoms with E-state index < -0.39 is 11.9 Å². The number of aliphatic carboxylic acids is 1. The first kappa shape index (κ1) is 16.2. The van der Waals surface area contributed by atoms with E-state index in [2.05, 4.69) is 11.4 Å². The minimum absolute atomic E-state index is 0.0830. The fourth-order valence-corrected chi connectivity index (χ4v) is 3.20. The SMILES string of the molecule is CC(Cc1ccc(NC(=O)c2cccc3c2CCC3)cc1)C(=O)O. The molecule has 1 unspecified atom stereocenters. The zero-order chi connectivity index (χ0) is 17.1. The van der Waals surface area contributed by atoms with Gasteiger partial charge in [-0.05, 0) is 60.6 Å². The number of hydrogen-bond acceptors (Lipinski definition) is 2. The Hall–Kier alpha value is -2.62. The molecule has 4 heteroatoms. The van der Waals surface area contributed by atoms with Gasteiger partial charge in [-0.2, -0.15) is 0 Å². The highest BCUT2D eigenvalue weighted by Crippen LogP contribution is 2.26. The summed E-state index contributed by atoms with van der Waals surface area (Å²) in [6.45, 7) is 1.69. The molecule has 0 saturated heterocycles. The fourth-order valence-electron chi connectivity index (χ4n) is 3.20. The van der Waals surface area contributed by atoms with Crippen LogP contribution < -0.4 is 5.32 Å². The number of carbonyl (C=O) groups is 2. The van der Waals surface area contributed by atoms with Gasteiger partial charge in [-0.25, -0.2) is 0 Å². The summed E-state index contributed by atoms with van der Waals surface area (Å²) in [7, 11) is 0. The average Bonchev–Trinajstić information content (AvgIpc) is 3.05. The van der Waals surface area contributed by atoms with Crippen molar-refractivity contribution in [3.63, 3.8) is 0 Å². The van der Waals surface area contributed by atoms with E-state index in [4.69, 9.17) is 5.11 Å². The van der Waals surface area contributed by atoms with E-state index in [0.717, 1.165) is 36.1 Å². The van der Waals surface area contributed by atoms with Gasteiger partial charge in [-0.1, -0.05) is 31.2 Å². The van der Waals surface area contributed by atoms with Crippen LogP contribution in [0.3, 0.4) is 0 Å². The summed E-state index contributed by atoms with van der Waals surface area (Å²) in [6.07, 6.45) is 3.60. The van der Waals surface area contributed by atoms with E-state index in [-0.39, 0.29) is 5.91 Å². The van der Waals surface area contributed by atoms with Crippen molar-refractivity contribution < 1.29 is 14.7 Å². The second kappa shape index (κ2) is 6.87. The van der Waals surface area contributed by atoms with Gasteiger partial charge in [-0.3, -0.25) is 9.59 Å². The number of carboxylic acid groups (broad SMARTS) is 1. The lowest BCUT2D eigenvalue weighted by Gasteiger charge is -2.11. The zero-order valence-corrected chi connectivity index (χ0v) is 13.7. The van der Waals surface area contributed by atoms with Crippen LogP contribution >= 0.6 is 0 Å². The molecule has 3 rings (SSSR count). The van der Waals surface area contributed by atoms with Gasteiger partial charge in [0.05, 0.1) is 5.92 Å². The molecule has 0 spiro atoms. The van der Waals surface area contributed by atoms with Crippen LogP contribution in [-0.4, -0.2) is 17.0 Å². The molecule has 1 aliphatic carbocycles. The lowest BCUT2D eigenvalue weighted by Crippen LogP contribution is -2.14. The molecular formula is C20H21NO3. The predicted octanol–water partition coefficient (Wildman–Crippen LogP) is 3.69. The lowest BCUT2D eigenvalue weighted by molar-refractivity contribution is -0.141. The van der Waals surface area contributed by atoms with Crippen LogP contribution in [0.25, 0.3) is 0 Å². The first-order chi connectivity index (χ1) is 11.5. The molecule has 0 aliphatic heterocycles. The standard InChI is InChI=1S/C20H21NO3/c1-13(20(23)24)12-14-8-10-16(11-9-14)21-19(22)18-7-3-5-15-4-2-6-17(15)18/h3,5,7-11,13H,2,4,6,12H2,1H3,(H,21,22)(H,23,24). The molecule has 0 radical (unpaired) electrons. The second-order valence-electron chi connectivity index (χ2n) is 6.39. The number of carbonyl (C=O) groups excluding carboxylic acids is 1. The molecule has 1 aliphatic rings. The van der Waals surface area contributed by atoms with Gasteiger partial charge >= 0.3 is 5.97 Å². The number of carboxylic acids is 1. The highest BCUT2D eigenvalue weighted by molar-refractivity contribution is 6.05. The van der Waals surface area contributed by atoms with E-state index in [0.29, 0.717) is 6.42 Å². The third-order valence-electron chi connectivity index (χ3n) is 4.57. The van der Waals surface area contributed by atoms with Gasteiger partial charge in [0.15, 0.2) is 0 Å². The van der Waals surface area contributed by atoms with Crippen molar-refractivity contribution in [3.8, 4) is 0 Å². The van der Waals surface area contributed by atoms with Crippen LogP contribution in [0.1, 0.15) is 40.4 Å². The zero-order valence-electron chi connectivity index (χ0n) is 13.7. The van der Waals surface area contributed by atoms with Gasteiger partial charge in [0.2, 0.25) is 0 Å². The first-order valence-electron chi connectivity index (χ1n) is 8.28. The maximum atomic E-state index is 12.5. The second-order valence-corrected chi connectivity index (χ2v) is 6.39. The third-order valence-corrected chi connectivity index (χ3v) is 4.57. The van der Waals surface area contributed by atoms with E-state index >= 15 is 0 Å². The lowest BCUT2D eigenvalue weighted by atomic mass is 10.0. The summed E-state index contributed by atoms with van der Waals surface area (Å²) in [5, 5.41) is 11.9. The van der Waals surface area contributed by atoms with Crippen molar-refractivity contribution in [1.82, 2.24) is 0 Å². The fraction of sp³-hybridized carbons (Fsp3) is 0.300. The monoisotopic (exact) mass is 323 g/mol. The van der Waals surface area contributed by atoms with Crippen molar-refractivity contribution >= 4 is 17.6 Å². The molecule has 1 atom stereocenters. The topological polar surface area (TPSA) is 66.4 Å². The highest BCUT2D eigenvalue weighted by atomic mass is 16.4. The number of fused-ring (bicyclic) bond motifs is 1. The van der Waals surface area contributed by atoms with Crippen LogP contribution in [0.4, 0.5) is 5.69 Å². The summed E-state index contributed by atoms with van der Waals surface area (Å²) in [6, 6.07) is 13.3. The Bertz CT molecular complexity index is 765. The van der Waals surface area contributed by atoms with E-state index in [1.165, 1.54) is 11.1 Å². The van der Waals surface area contributed by atoms with Gasteiger partial charge in [0, 0.05) is 11.3 Å². The normalized spacial score (nSPS) is 14.0. The van der Waals surface area contributed by atoms with Crippen LogP contribution in [0.5, 0.6) is 0 Å². The van der Waals surface area contributed by atoms with E-state index in [1.807, 2.05) is 36.4 Å². The molecule has 0 bridgehead atoms. The molecule has 4 nitrogen and oxygen atoms in total. The van der Waals surface area contributed by atoms with Crippen LogP contribution in [0.2, 0.25) is 0 Å². The Balaban J connectivity index is 1.69. The minimum atomic E-state index is -0.801. The number of hydrogen-bond donors (Lipinski definition) is 2. The number of nitrogens with one attached hydrogen (secondary N) is 1. The number of benzene rings is 2. The molecule has 0 saturated carbocycles.